The molecule has 1 N–H and O–H groups in total. The Bertz CT molecular complexity index is 835. The molecule has 0 unspecified atom stereocenters. The molecule has 0 aliphatic heterocycles. The lowest BCUT2D eigenvalue weighted by molar-refractivity contribution is 0.0948. The van der Waals surface area contributed by atoms with Crippen LogP contribution in [0.4, 0.5) is 0 Å². The number of alkyl halides is 3. The van der Waals surface area contributed by atoms with Crippen molar-refractivity contribution in [2.75, 3.05) is 0 Å². The molecule has 0 heterocycles. The Morgan fingerprint density at radius 3 is 2.04 bits per heavy atom. The average Bonchev–Trinajstić information content (AvgIpc) is 2.52. The molecule has 0 fully saturated rings. The SMILES string of the molecule is O=C(N[C@H](C(Cl)(Cl)Cl)S(=O)(=O)c1ccccc1)c1ccccc1Cl. The molecule has 0 bridgehead atoms. The zero-order valence-corrected chi connectivity index (χ0v) is 15.8. The van der Waals surface area contributed by atoms with Crippen LogP contribution >= 0.6 is 46.4 Å². The summed E-state index contributed by atoms with van der Waals surface area (Å²) in [5, 5.41) is 0.603. The molecule has 24 heavy (non-hydrogen) atoms. The maximum Gasteiger partial charge on any atom is 0.253 e. The first-order valence-corrected chi connectivity index (χ1v) is 9.61. The second-order valence-electron chi connectivity index (χ2n) is 4.73. The highest BCUT2D eigenvalue weighted by molar-refractivity contribution is 7.92. The van der Waals surface area contributed by atoms with Gasteiger partial charge in [0.05, 0.1) is 15.5 Å². The van der Waals surface area contributed by atoms with E-state index in [9.17, 15) is 13.2 Å². The van der Waals surface area contributed by atoms with Gasteiger partial charge in [0, 0.05) is 0 Å². The van der Waals surface area contributed by atoms with Gasteiger partial charge in [-0.3, -0.25) is 4.79 Å². The summed E-state index contributed by atoms with van der Waals surface area (Å²) in [4.78, 5) is 12.3. The maximum absolute atomic E-state index is 12.7. The van der Waals surface area contributed by atoms with Crippen LogP contribution in [-0.4, -0.2) is 23.5 Å². The van der Waals surface area contributed by atoms with Gasteiger partial charge in [0.25, 0.3) is 5.91 Å². The van der Waals surface area contributed by atoms with Gasteiger partial charge in [0.2, 0.25) is 13.6 Å². The summed E-state index contributed by atoms with van der Waals surface area (Å²) in [5.74, 6) is -0.767. The van der Waals surface area contributed by atoms with Crippen LogP contribution in [0.2, 0.25) is 5.02 Å². The summed E-state index contributed by atoms with van der Waals surface area (Å²) in [7, 11) is -4.15. The minimum absolute atomic E-state index is 0.0710. The van der Waals surface area contributed by atoms with Crippen molar-refractivity contribution in [1.29, 1.82) is 0 Å². The van der Waals surface area contributed by atoms with Crippen molar-refractivity contribution >= 4 is 62.1 Å². The molecular weight excluding hydrogens is 416 g/mol. The molecule has 0 aliphatic rings. The van der Waals surface area contributed by atoms with Gasteiger partial charge in [-0.25, -0.2) is 8.42 Å². The number of hydrogen-bond donors (Lipinski definition) is 1. The van der Waals surface area contributed by atoms with Crippen LogP contribution < -0.4 is 5.32 Å². The van der Waals surface area contributed by atoms with Crippen molar-refractivity contribution in [3.8, 4) is 0 Å². The van der Waals surface area contributed by atoms with E-state index in [0.717, 1.165) is 0 Å². The number of halogens is 4. The van der Waals surface area contributed by atoms with Crippen molar-refractivity contribution in [1.82, 2.24) is 5.32 Å². The maximum atomic E-state index is 12.7. The summed E-state index contributed by atoms with van der Waals surface area (Å²) in [6.07, 6.45) is 0. The number of carbonyl (C=O) groups is 1. The van der Waals surface area contributed by atoms with Gasteiger partial charge in [-0.2, -0.15) is 0 Å². The van der Waals surface area contributed by atoms with Crippen LogP contribution in [0.3, 0.4) is 0 Å². The van der Waals surface area contributed by atoms with E-state index in [4.69, 9.17) is 46.4 Å². The Hall–Kier alpha value is -0.980. The van der Waals surface area contributed by atoms with Crippen LogP contribution in [0.15, 0.2) is 59.5 Å². The highest BCUT2D eigenvalue weighted by Crippen LogP contribution is 2.36. The highest BCUT2D eigenvalue weighted by atomic mass is 35.6. The molecular formula is C15H11Cl4NO3S. The summed E-state index contributed by atoms with van der Waals surface area (Å²) < 4.78 is 23.2. The minimum atomic E-state index is -4.15. The molecule has 0 radical (unpaired) electrons. The second kappa shape index (κ2) is 7.50. The monoisotopic (exact) mass is 425 g/mol. The van der Waals surface area contributed by atoms with E-state index in [1.54, 1.807) is 18.2 Å². The first-order chi connectivity index (χ1) is 11.1. The van der Waals surface area contributed by atoms with E-state index in [1.165, 1.54) is 36.4 Å². The molecule has 1 atom stereocenters. The van der Waals surface area contributed by atoms with Gasteiger partial charge in [-0.05, 0) is 24.3 Å². The summed E-state index contributed by atoms with van der Waals surface area (Å²) in [6.45, 7) is 0. The van der Waals surface area contributed by atoms with Gasteiger partial charge in [0.15, 0.2) is 5.37 Å². The Morgan fingerprint density at radius 1 is 0.958 bits per heavy atom. The number of benzene rings is 2. The number of carbonyl (C=O) groups excluding carboxylic acids is 1. The standard InChI is InChI=1S/C15H11Cl4NO3S/c16-12-9-5-4-8-11(12)13(21)20-14(15(17,18)19)24(22,23)10-6-2-1-3-7-10/h1-9,14H,(H,20,21)/t14-/m0/s1. The van der Waals surface area contributed by atoms with Crippen molar-refractivity contribution in [2.24, 2.45) is 0 Å². The molecule has 9 heteroatoms. The molecule has 128 valence electrons. The Labute approximate surface area is 159 Å². The molecule has 0 saturated carbocycles. The fourth-order valence-corrected chi connectivity index (χ4v) is 4.79. The lowest BCUT2D eigenvalue weighted by atomic mass is 10.2. The van der Waals surface area contributed by atoms with E-state index in [-0.39, 0.29) is 15.5 Å². The van der Waals surface area contributed by atoms with E-state index in [1.807, 2.05) is 0 Å². The fraction of sp³-hybridized carbons (Fsp3) is 0.133. The van der Waals surface area contributed by atoms with E-state index >= 15 is 0 Å². The Morgan fingerprint density at radius 2 is 1.50 bits per heavy atom. The number of amides is 1. The van der Waals surface area contributed by atoms with Crippen molar-refractivity contribution < 1.29 is 13.2 Å². The lowest BCUT2D eigenvalue weighted by Crippen LogP contribution is -2.49. The lowest BCUT2D eigenvalue weighted by Gasteiger charge is -2.25. The van der Waals surface area contributed by atoms with Crippen LogP contribution in [0.1, 0.15) is 10.4 Å². The first kappa shape index (κ1) is 19.3. The van der Waals surface area contributed by atoms with Crippen molar-refractivity contribution in [3.63, 3.8) is 0 Å². The molecule has 1 amide bonds. The van der Waals surface area contributed by atoms with Gasteiger partial charge in [0.1, 0.15) is 0 Å². The fourth-order valence-electron chi connectivity index (χ4n) is 1.92. The van der Waals surface area contributed by atoms with Crippen LogP contribution in [-0.2, 0) is 9.84 Å². The first-order valence-electron chi connectivity index (χ1n) is 6.55. The molecule has 0 saturated heterocycles. The predicted octanol–water partition coefficient (Wildman–Crippen LogP) is 4.24. The Balaban J connectivity index is 2.41. The zero-order valence-electron chi connectivity index (χ0n) is 11.9. The quantitative estimate of drug-likeness (QED) is 0.743. The van der Waals surface area contributed by atoms with Gasteiger partial charge in [-0.15, -0.1) is 0 Å². The largest absolute Gasteiger partial charge is 0.332 e. The number of sulfone groups is 1. The van der Waals surface area contributed by atoms with Gasteiger partial charge >= 0.3 is 0 Å². The third-order valence-corrected chi connectivity index (χ3v) is 6.45. The minimum Gasteiger partial charge on any atom is -0.332 e. The third kappa shape index (κ3) is 4.35. The molecule has 4 nitrogen and oxygen atoms in total. The molecule has 2 rings (SSSR count). The number of hydrogen-bond acceptors (Lipinski definition) is 3. The zero-order chi connectivity index (χ0) is 18.0. The third-order valence-electron chi connectivity index (χ3n) is 3.06. The second-order valence-corrected chi connectivity index (χ2v) is 9.54. The van der Waals surface area contributed by atoms with Crippen molar-refractivity contribution in [3.05, 3.63) is 65.2 Å². The summed E-state index contributed by atoms with van der Waals surface area (Å²) >= 11 is 23.4. The van der Waals surface area contributed by atoms with Crippen LogP contribution in [0.25, 0.3) is 0 Å². The molecule has 2 aromatic carbocycles. The van der Waals surface area contributed by atoms with Gasteiger partial charge < -0.3 is 5.32 Å². The molecule has 0 aliphatic carbocycles. The predicted molar refractivity (Wildman–Crippen MR) is 96.6 cm³/mol. The summed E-state index contributed by atoms with van der Waals surface area (Å²) in [5.41, 5.74) is 0.0710. The Kier molecular flexibility index (Phi) is 6.04. The molecule has 2 aromatic rings. The number of nitrogens with one attached hydrogen (secondary N) is 1. The number of rotatable bonds is 4. The van der Waals surface area contributed by atoms with E-state index in [2.05, 4.69) is 5.32 Å². The normalized spacial score (nSPS) is 13.3. The molecule has 0 aromatic heterocycles. The van der Waals surface area contributed by atoms with E-state index < -0.39 is 24.9 Å². The molecule has 0 spiro atoms. The van der Waals surface area contributed by atoms with E-state index in [0.29, 0.717) is 0 Å². The van der Waals surface area contributed by atoms with Crippen LogP contribution in [0, 0.1) is 0 Å². The summed E-state index contributed by atoms with van der Waals surface area (Å²) in [6, 6.07) is 13.5. The smallest absolute Gasteiger partial charge is 0.253 e. The topological polar surface area (TPSA) is 63.2 Å². The van der Waals surface area contributed by atoms with Crippen LogP contribution in [0.5, 0.6) is 0 Å². The average molecular weight is 427 g/mol. The highest BCUT2D eigenvalue weighted by Gasteiger charge is 2.44. The van der Waals surface area contributed by atoms with Gasteiger partial charge in [-0.1, -0.05) is 76.7 Å². The van der Waals surface area contributed by atoms with Crippen molar-refractivity contribution in [2.45, 2.75) is 14.1 Å².